The lowest BCUT2D eigenvalue weighted by Gasteiger charge is -2.22. The van der Waals surface area contributed by atoms with Crippen molar-refractivity contribution in [2.24, 2.45) is 0 Å². The topological polar surface area (TPSA) is 118 Å². The molecule has 7 rings (SSSR count). The van der Waals surface area contributed by atoms with Gasteiger partial charge in [0.15, 0.2) is 11.3 Å². The molecule has 44 heavy (non-hydrogen) atoms. The Balaban J connectivity index is 1.52. The van der Waals surface area contributed by atoms with Gasteiger partial charge in [-0.1, -0.05) is 60.7 Å². The van der Waals surface area contributed by atoms with Gasteiger partial charge in [0.05, 0.1) is 24.6 Å². The van der Waals surface area contributed by atoms with Crippen LogP contribution in [0.3, 0.4) is 0 Å². The maximum absolute atomic E-state index is 10.2. The summed E-state index contributed by atoms with van der Waals surface area (Å²) in [5.74, 6) is 0.544. The Morgan fingerprint density at radius 1 is 0.659 bits per heavy atom. The van der Waals surface area contributed by atoms with Crippen LogP contribution < -0.4 is 9.47 Å². The Hall–Kier alpha value is -5.86. The lowest BCUT2D eigenvalue weighted by atomic mass is 9.88. The second-order valence-corrected chi connectivity index (χ2v) is 10.4. The quantitative estimate of drug-likeness (QED) is 0.205. The van der Waals surface area contributed by atoms with Crippen LogP contribution in [0.25, 0.3) is 55.6 Å². The summed E-state index contributed by atoms with van der Waals surface area (Å²) in [6.07, 6.45) is 1.40. The van der Waals surface area contributed by atoms with E-state index in [4.69, 9.17) is 29.4 Å². The van der Waals surface area contributed by atoms with Gasteiger partial charge in [0.25, 0.3) is 0 Å². The molecule has 0 saturated carbocycles. The highest BCUT2D eigenvalue weighted by Gasteiger charge is 2.27. The molecule has 0 fully saturated rings. The number of aryl methyl sites for hydroxylation is 2. The number of ether oxygens (including phenoxy) is 2. The number of nitrogens with zero attached hydrogens (tertiary/aromatic N) is 6. The molecule has 1 aliphatic rings. The fourth-order valence-corrected chi connectivity index (χ4v) is 5.98. The molecule has 8 nitrogen and oxygen atoms in total. The maximum Gasteiger partial charge on any atom is 0.234 e. The lowest BCUT2D eigenvalue weighted by molar-refractivity contribution is 0.327. The van der Waals surface area contributed by atoms with Crippen LogP contribution >= 0.6 is 0 Å². The minimum atomic E-state index is 0.263. The Labute approximate surface area is 254 Å². The van der Waals surface area contributed by atoms with Gasteiger partial charge in [-0.2, -0.15) is 20.5 Å². The van der Waals surface area contributed by atoms with Crippen LogP contribution in [-0.2, 0) is 12.8 Å². The Morgan fingerprint density at radius 2 is 1.18 bits per heavy atom. The predicted molar refractivity (Wildman–Crippen MR) is 168 cm³/mol. The molecule has 0 unspecified atom stereocenters. The fraction of sp³-hybridized carbons (Fsp3) is 0.167. The zero-order chi connectivity index (χ0) is 30.2. The largest absolute Gasteiger partial charge is 0.477 e. The highest BCUT2D eigenvalue weighted by Crippen LogP contribution is 2.42. The second kappa shape index (κ2) is 11.1. The summed E-state index contributed by atoms with van der Waals surface area (Å²) in [6, 6.07) is 28.4. The predicted octanol–water partition coefficient (Wildman–Crippen LogP) is 7.21. The molecule has 0 atom stereocenters. The van der Waals surface area contributed by atoms with E-state index in [9.17, 15) is 10.5 Å². The lowest BCUT2D eigenvalue weighted by Crippen LogP contribution is -2.11. The molecule has 0 amide bonds. The van der Waals surface area contributed by atoms with Crippen LogP contribution in [0.15, 0.2) is 72.8 Å². The first-order valence-electron chi connectivity index (χ1n) is 14.6. The van der Waals surface area contributed by atoms with Gasteiger partial charge in [0.2, 0.25) is 11.8 Å². The van der Waals surface area contributed by atoms with Crippen LogP contribution in [-0.4, -0.2) is 33.1 Å². The highest BCUT2D eigenvalue weighted by molar-refractivity contribution is 6.01. The van der Waals surface area contributed by atoms with Crippen LogP contribution in [0.5, 0.6) is 11.8 Å². The number of hydrogen-bond donors (Lipinski definition) is 0. The minimum Gasteiger partial charge on any atom is -0.477 e. The molecule has 0 bridgehead atoms. The van der Waals surface area contributed by atoms with E-state index in [2.05, 4.69) is 18.2 Å². The van der Waals surface area contributed by atoms with E-state index in [0.29, 0.717) is 48.5 Å². The Morgan fingerprint density at radius 3 is 1.70 bits per heavy atom. The van der Waals surface area contributed by atoms with Crippen molar-refractivity contribution in [3.8, 4) is 57.4 Å². The van der Waals surface area contributed by atoms with E-state index < -0.39 is 0 Å². The van der Waals surface area contributed by atoms with E-state index in [0.717, 1.165) is 55.5 Å². The molecular formula is C36H26N6O2. The third-order valence-corrected chi connectivity index (χ3v) is 7.84. The fourth-order valence-electron chi connectivity index (χ4n) is 5.98. The van der Waals surface area contributed by atoms with Crippen LogP contribution in [0.4, 0.5) is 0 Å². The van der Waals surface area contributed by atoms with Crippen molar-refractivity contribution in [3.05, 3.63) is 95.2 Å². The van der Waals surface area contributed by atoms with Gasteiger partial charge in [-0.05, 0) is 55.5 Å². The number of aromatic nitrogens is 4. The molecule has 0 radical (unpaired) electrons. The summed E-state index contributed by atoms with van der Waals surface area (Å²) in [6.45, 7) is 4.49. The molecule has 1 aliphatic carbocycles. The smallest absolute Gasteiger partial charge is 0.234 e. The standard InChI is InChI=1S/C36H26N6O2/c1-3-43-35-28(20-38)31(22-13-9-6-10-14-22)26-18-24-29(39-33(26)41-35)16-15-23-17-25-30(21-11-7-5-8-12-21)27(19-37)36(44-4-2)42-34(25)40-32(23)24/h5-14,17-18H,3-4,15-16H2,1-2H3. The molecule has 6 aromatic rings. The van der Waals surface area contributed by atoms with Gasteiger partial charge >= 0.3 is 0 Å². The molecule has 4 aromatic heterocycles. The van der Waals surface area contributed by atoms with E-state index in [-0.39, 0.29) is 11.8 Å². The molecule has 0 spiro atoms. The first-order valence-corrected chi connectivity index (χ1v) is 14.6. The summed E-state index contributed by atoms with van der Waals surface area (Å²) in [7, 11) is 0. The summed E-state index contributed by atoms with van der Waals surface area (Å²) >= 11 is 0. The summed E-state index contributed by atoms with van der Waals surface area (Å²) in [4.78, 5) is 19.6. The molecule has 8 heteroatoms. The van der Waals surface area contributed by atoms with Gasteiger partial charge in [0.1, 0.15) is 23.3 Å². The average molecular weight is 575 g/mol. The molecule has 4 heterocycles. The molecule has 0 saturated heterocycles. The van der Waals surface area contributed by atoms with Gasteiger partial charge in [-0.15, -0.1) is 0 Å². The van der Waals surface area contributed by atoms with Crippen molar-refractivity contribution in [2.75, 3.05) is 13.2 Å². The van der Waals surface area contributed by atoms with Crippen molar-refractivity contribution in [2.45, 2.75) is 26.7 Å². The third-order valence-electron chi connectivity index (χ3n) is 7.84. The number of rotatable bonds is 6. The van der Waals surface area contributed by atoms with Gasteiger partial charge in [-0.25, -0.2) is 9.97 Å². The molecule has 2 aromatic carbocycles. The molecule has 212 valence electrons. The van der Waals surface area contributed by atoms with Crippen molar-refractivity contribution in [3.63, 3.8) is 0 Å². The van der Waals surface area contributed by atoms with Gasteiger partial charge < -0.3 is 9.47 Å². The number of nitriles is 2. The van der Waals surface area contributed by atoms with Crippen molar-refractivity contribution >= 4 is 22.1 Å². The number of fused-ring (bicyclic) bond motifs is 5. The Bertz CT molecular complexity index is 2170. The SMILES string of the molecule is CCOc1nc2nc3c(cc2c(-c2ccccc2)c1C#N)-c1nc2nc(OCC)c(C#N)c(-c4ccccc4)c2cc1CC3. The van der Waals surface area contributed by atoms with Gasteiger partial charge in [0, 0.05) is 27.5 Å². The summed E-state index contributed by atoms with van der Waals surface area (Å²) < 4.78 is 11.7. The van der Waals surface area contributed by atoms with Crippen LogP contribution in [0.2, 0.25) is 0 Å². The third kappa shape index (κ3) is 4.36. The monoisotopic (exact) mass is 574 g/mol. The summed E-state index contributed by atoms with van der Waals surface area (Å²) in [5.41, 5.74) is 8.60. The molecule has 0 N–H and O–H groups in total. The average Bonchev–Trinajstić information content (AvgIpc) is 3.06. The normalized spacial score (nSPS) is 11.8. The maximum atomic E-state index is 10.2. The van der Waals surface area contributed by atoms with Crippen molar-refractivity contribution in [1.29, 1.82) is 10.5 Å². The second-order valence-electron chi connectivity index (χ2n) is 10.4. The van der Waals surface area contributed by atoms with E-state index >= 15 is 0 Å². The molecule has 0 aliphatic heterocycles. The summed E-state index contributed by atoms with van der Waals surface area (Å²) in [5, 5.41) is 22.0. The highest BCUT2D eigenvalue weighted by atomic mass is 16.5. The van der Waals surface area contributed by atoms with Crippen LogP contribution in [0, 0.1) is 22.7 Å². The Kier molecular flexibility index (Phi) is 6.81. The number of benzene rings is 2. The van der Waals surface area contributed by atoms with Gasteiger partial charge in [-0.3, -0.25) is 0 Å². The first kappa shape index (κ1) is 27.0. The van der Waals surface area contributed by atoms with E-state index in [1.807, 2.05) is 80.6 Å². The van der Waals surface area contributed by atoms with E-state index in [1.165, 1.54) is 0 Å². The van der Waals surface area contributed by atoms with E-state index in [1.54, 1.807) is 0 Å². The number of pyridine rings is 4. The first-order chi connectivity index (χ1) is 21.6. The zero-order valence-corrected chi connectivity index (χ0v) is 24.3. The van der Waals surface area contributed by atoms with Crippen molar-refractivity contribution in [1.82, 2.24) is 19.9 Å². The molecular weight excluding hydrogens is 548 g/mol. The number of hydrogen-bond acceptors (Lipinski definition) is 8. The van der Waals surface area contributed by atoms with Crippen LogP contribution in [0.1, 0.15) is 36.2 Å². The minimum absolute atomic E-state index is 0.263. The van der Waals surface area contributed by atoms with Crippen molar-refractivity contribution < 1.29 is 9.47 Å². The zero-order valence-electron chi connectivity index (χ0n) is 24.3.